The number of carbonyl (C=O) groups is 1. The quantitative estimate of drug-likeness (QED) is 0.509. The van der Waals surface area contributed by atoms with Gasteiger partial charge in [0.05, 0.1) is 19.8 Å². The molecule has 0 aliphatic carbocycles. The lowest BCUT2D eigenvalue weighted by atomic mass is 10.3. The van der Waals surface area contributed by atoms with Crippen molar-refractivity contribution in [2.75, 3.05) is 26.4 Å². The predicted molar refractivity (Wildman–Crippen MR) is 56.5 cm³/mol. The summed E-state index contributed by atoms with van der Waals surface area (Å²) >= 11 is 0. The fourth-order valence-electron chi connectivity index (χ4n) is 0.992. The van der Waals surface area contributed by atoms with Crippen molar-refractivity contribution >= 4 is 5.78 Å². The van der Waals surface area contributed by atoms with E-state index in [9.17, 15) is 4.79 Å². The summed E-state index contributed by atoms with van der Waals surface area (Å²) in [6.45, 7) is 6.33. The molecule has 0 aromatic rings. The number of Topliss-reactive ketones (excluding diaryl/α,β-unsaturated/α-hetero) is 1. The van der Waals surface area contributed by atoms with Crippen molar-refractivity contribution in [1.82, 2.24) is 0 Å². The fourth-order valence-corrected chi connectivity index (χ4v) is 0.992. The van der Waals surface area contributed by atoms with Crippen molar-refractivity contribution in [2.45, 2.75) is 39.5 Å². The first kappa shape index (κ1) is 13.6. The third kappa shape index (κ3) is 11.6. The maximum atomic E-state index is 10.5. The molecule has 0 bridgehead atoms. The van der Waals surface area contributed by atoms with Gasteiger partial charge in [-0.25, -0.2) is 0 Å². The van der Waals surface area contributed by atoms with E-state index in [-0.39, 0.29) is 5.78 Å². The molecule has 0 heterocycles. The van der Waals surface area contributed by atoms with Crippen molar-refractivity contribution in [1.29, 1.82) is 0 Å². The monoisotopic (exact) mass is 202 g/mol. The molecule has 0 radical (unpaired) electrons. The number of rotatable bonds is 10. The number of ketones is 1. The van der Waals surface area contributed by atoms with Gasteiger partial charge < -0.3 is 9.47 Å². The van der Waals surface area contributed by atoms with E-state index < -0.39 is 0 Å². The minimum absolute atomic E-state index is 0.175. The molecule has 0 amide bonds. The second-order valence-corrected chi connectivity index (χ2v) is 3.38. The maximum Gasteiger partial charge on any atom is 0.132 e. The van der Waals surface area contributed by atoms with Crippen LogP contribution in [0.2, 0.25) is 0 Å². The molecular formula is C11H22O3. The summed E-state index contributed by atoms with van der Waals surface area (Å²) in [6, 6.07) is 0. The van der Waals surface area contributed by atoms with Gasteiger partial charge in [-0.15, -0.1) is 0 Å². The molecule has 0 N–H and O–H groups in total. The highest BCUT2D eigenvalue weighted by molar-refractivity contribution is 5.75. The van der Waals surface area contributed by atoms with Crippen LogP contribution in [0.5, 0.6) is 0 Å². The van der Waals surface area contributed by atoms with Crippen LogP contribution < -0.4 is 0 Å². The van der Waals surface area contributed by atoms with Crippen LogP contribution in [-0.4, -0.2) is 32.2 Å². The van der Waals surface area contributed by atoms with E-state index in [1.54, 1.807) is 6.92 Å². The predicted octanol–water partition coefficient (Wildman–Crippen LogP) is 2.19. The standard InChI is InChI=1S/C11H22O3/c1-3-4-5-7-13-9-10-14-8-6-11(2)12/h3-10H2,1-2H3. The van der Waals surface area contributed by atoms with E-state index in [1.807, 2.05) is 0 Å². The normalized spacial score (nSPS) is 10.4. The van der Waals surface area contributed by atoms with Crippen LogP contribution in [0.15, 0.2) is 0 Å². The molecule has 14 heavy (non-hydrogen) atoms. The Morgan fingerprint density at radius 2 is 1.64 bits per heavy atom. The third-order valence-electron chi connectivity index (χ3n) is 1.86. The lowest BCUT2D eigenvalue weighted by Gasteiger charge is -2.04. The molecule has 0 atom stereocenters. The lowest BCUT2D eigenvalue weighted by molar-refractivity contribution is -0.118. The van der Waals surface area contributed by atoms with Crippen molar-refractivity contribution in [3.05, 3.63) is 0 Å². The second kappa shape index (κ2) is 10.7. The van der Waals surface area contributed by atoms with Crippen LogP contribution in [0.3, 0.4) is 0 Å². The van der Waals surface area contributed by atoms with Gasteiger partial charge in [-0.2, -0.15) is 0 Å². The van der Waals surface area contributed by atoms with E-state index in [2.05, 4.69) is 6.92 Å². The summed E-state index contributed by atoms with van der Waals surface area (Å²) < 4.78 is 10.5. The van der Waals surface area contributed by atoms with Gasteiger partial charge in [-0.3, -0.25) is 4.79 Å². The summed E-state index contributed by atoms with van der Waals surface area (Å²) in [5, 5.41) is 0. The second-order valence-electron chi connectivity index (χ2n) is 3.38. The Morgan fingerprint density at radius 3 is 2.21 bits per heavy atom. The van der Waals surface area contributed by atoms with Gasteiger partial charge in [0.1, 0.15) is 5.78 Å². The Kier molecular flexibility index (Phi) is 10.4. The Labute approximate surface area is 86.8 Å². The molecular weight excluding hydrogens is 180 g/mol. The van der Waals surface area contributed by atoms with Crippen LogP contribution in [0.1, 0.15) is 39.5 Å². The first-order chi connectivity index (χ1) is 6.77. The first-order valence-corrected chi connectivity index (χ1v) is 5.42. The largest absolute Gasteiger partial charge is 0.379 e. The molecule has 0 aromatic carbocycles. The van der Waals surface area contributed by atoms with Crippen molar-refractivity contribution in [3.63, 3.8) is 0 Å². The van der Waals surface area contributed by atoms with Gasteiger partial charge in [-0.05, 0) is 13.3 Å². The summed E-state index contributed by atoms with van der Waals surface area (Å²) in [7, 11) is 0. The smallest absolute Gasteiger partial charge is 0.132 e. The van der Waals surface area contributed by atoms with Gasteiger partial charge in [-0.1, -0.05) is 19.8 Å². The molecule has 0 aliphatic heterocycles. The minimum Gasteiger partial charge on any atom is -0.379 e. The number of ether oxygens (including phenoxy) is 2. The molecule has 0 saturated carbocycles. The molecule has 0 saturated heterocycles. The lowest BCUT2D eigenvalue weighted by Crippen LogP contribution is -2.07. The van der Waals surface area contributed by atoms with E-state index in [0.29, 0.717) is 26.2 Å². The van der Waals surface area contributed by atoms with Crippen molar-refractivity contribution < 1.29 is 14.3 Å². The topological polar surface area (TPSA) is 35.5 Å². The summed E-state index contributed by atoms with van der Waals surface area (Å²) in [5.41, 5.74) is 0. The summed E-state index contributed by atoms with van der Waals surface area (Å²) in [4.78, 5) is 10.5. The molecule has 0 rings (SSSR count). The van der Waals surface area contributed by atoms with E-state index >= 15 is 0 Å². The number of hydrogen-bond acceptors (Lipinski definition) is 3. The van der Waals surface area contributed by atoms with Crippen LogP contribution in [0.25, 0.3) is 0 Å². The maximum absolute atomic E-state index is 10.5. The van der Waals surface area contributed by atoms with E-state index in [4.69, 9.17) is 9.47 Å². The molecule has 0 spiro atoms. The van der Waals surface area contributed by atoms with Crippen LogP contribution >= 0.6 is 0 Å². The molecule has 0 fully saturated rings. The average Bonchev–Trinajstić information content (AvgIpc) is 2.15. The van der Waals surface area contributed by atoms with Crippen LogP contribution in [0.4, 0.5) is 0 Å². The van der Waals surface area contributed by atoms with Gasteiger partial charge >= 0.3 is 0 Å². The Morgan fingerprint density at radius 1 is 1.00 bits per heavy atom. The van der Waals surface area contributed by atoms with Crippen LogP contribution in [-0.2, 0) is 14.3 Å². The van der Waals surface area contributed by atoms with E-state index in [0.717, 1.165) is 13.0 Å². The van der Waals surface area contributed by atoms with Gasteiger partial charge in [0.25, 0.3) is 0 Å². The highest BCUT2D eigenvalue weighted by Crippen LogP contribution is 1.94. The Hall–Kier alpha value is -0.410. The van der Waals surface area contributed by atoms with Crippen molar-refractivity contribution in [2.24, 2.45) is 0 Å². The molecule has 3 nitrogen and oxygen atoms in total. The third-order valence-corrected chi connectivity index (χ3v) is 1.86. The number of hydrogen-bond donors (Lipinski definition) is 0. The zero-order valence-corrected chi connectivity index (χ0v) is 9.38. The van der Waals surface area contributed by atoms with Crippen LogP contribution in [0, 0.1) is 0 Å². The van der Waals surface area contributed by atoms with Crippen molar-refractivity contribution in [3.8, 4) is 0 Å². The zero-order chi connectivity index (χ0) is 10.6. The number of unbranched alkanes of at least 4 members (excludes halogenated alkanes) is 2. The first-order valence-electron chi connectivity index (χ1n) is 5.42. The fraction of sp³-hybridized carbons (Fsp3) is 0.909. The highest BCUT2D eigenvalue weighted by Gasteiger charge is 1.93. The molecule has 0 unspecified atom stereocenters. The van der Waals surface area contributed by atoms with Gasteiger partial charge in [0.15, 0.2) is 0 Å². The van der Waals surface area contributed by atoms with E-state index in [1.165, 1.54) is 12.8 Å². The Bertz CT molecular complexity index is 134. The number of carbonyl (C=O) groups excluding carboxylic acids is 1. The molecule has 84 valence electrons. The molecule has 0 aliphatic rings. The highest BCUT2D eigenvalue weighted by atomic mass is 16.5. The SMILES string of the molecule is CCCCCOCCOCCC(C)=O. The van der Waals surface area contributed by atoms with Gasteiger partial charge in [0, 0.05) is 13.0 Å². The average molecular weight is 202 g/mol. The summed E-state index contributed by atoms with van der Waals surface area (Å²) in [6.07, 6.45) is 4.09. The minimum atomic E-state index is 0.175. The van der Waals surface area contributed by atoms with Gasteiger partial charge in [0.2, 0.25) is 0 Å². The Balaban J connectivity index is 2.88. The molecule has 0 aromatic heterocycles. The zero-order valence-electron chi connectivity index (χ0n) is 9.38. The summed E-state index contributed by atoms with van der Waals surface area (Å²) in [5.74, 6) is 0.175. The molecule has 3 heteroatoms.